The number of carbonyl (C=O) groups excluding carboxylic acids is 2. The van der Waals surface area contributed by atoms with E-state index in [1.165, 1.54) is 24.1 Å². The molecule has 8 atom stereocenters. The zero-order valence-corrected chi connectivity index (χ0v) is 26.2. The molecular formula is C33H36FN5O5S. The molecule has 236 valence electrons. The molecule has 6 rings (SSSR count). The fraction of sp³-hybridized carbons (Fsp3) is 0.515. The molecule has 0 radical (unpaired) electrons. The number of hydrogen-bond donors (Lipinski definition) is 2. The van der Waals surface area contributed by atoms with Crippen molar-refractivity contribution < 1.29 is 28.2 Å². The number of oxazole rings is 1. The average Bonchev–Trinajstić information content (AvgIpc) is 3.64. The highest BCUT2D eigenvalue weighted by molar-refractivity contribution is 8.14. The van der Waals surface area contributed by atoms with Crippen molar-refractivity contribution in [2.24, 2.45) is 45.2 Å². The lowest BCUT2D eigenvalue weighted by Gasteiger charge is -2.62. The molecule has 2 heterocycles. The second-order valence-corrected chi connectivity index (χ2v) is 14.2. The van der Waals surface area contributed by atoms with Gasteiger partial charge in [-0.05, 0) is 91.2 Å². The first-order valence-corrected chi connectivity index (χ1v) is 16.1. The molecule has 45 heavy (non-hydrogen) atoms. The van der Waals surface area contributed by atoms with Crippen molar-refractivity contribution >= 4 is 34.2 Å². The lowest BCUT2D eigenvalue weighted by atomic mass is 9.44. The first-order valence-electron chi connectivity index (χ1n) is 15.1. The Morgan fingerprint density at radius 2 is 2.16 bits per heavy atom. The first-order chi connectivity index (χ1) is 21.5. The van der Waals surface area contributed by atoms with E-state index in [0.29, 0.717) is 24.2 Å². The number of ether oxygens (including phenoxy) is 1. The number of hydrogen-bond acceptors (Lipinski definition) is 11. The number of nitriles is 1. The molecule has 2 aromatic heterocycles. The van der Waals surface area contributed by atoms with Crippen LogP contribution < -0.4 is 5.73 Å². The van der Waals surface area contributed by atoms with Gasteiger partial charge in [0.2, 0.25) is 11.1 Å². The van der Waals surface area contributed by atoms with Gasteiger partial charge in [-0.2, -0.15) is 9.65 Å². The Balaban J connectivity index is 1.38. The van der Waals surface area contributed by atoms with Gasteiger partial charge in [-0.25, -0.2) is 19.8 Å². The van der Waals surface area contributed by atoms with E-state index < -0.39 is 34.5 Å². The summed E-state index contributed by atoms with van der Waals surface area (Å²) in [5, 5.41) is 21.0. The standard InChI is InChI=1S/C33H36FN5O5S/c1-18-10-21-22-6-7-33(30(42)45-9-8-35,44-29(41)25-16-43-17-38-25)32(22,3)13-26(40)28(21)31(2)12-19(14-36)24(11-23(18)31)39-20-4-5-27(34)37-15-20/h4-5,11,14-18,21-22,26,28,40H,6-7,9-10,12-13,36H2,1-3H3/t18-,21-,22?,26-,28?,31-,32-,33-/m0/s1. The minimum absolute atomic E-state index is 0.0242. The summed E-state index contributed by atoms with van der Waals surface area (Å²) >= 11 is 0.848. The number of carbonyl (C=O) groups is 2. The fourth-order valence-electron chi connectivity index (χ4n) is 9.22. The molecule has 4 aliphatic carbocycles. The van der Waals surface area contributed by atoms with Crippen LogP contribution in [0.15, 0.2) is 63.8 Å². The summed E-state index contributed by atoms with van der Waals surface area (Å²) in [5.74, 6) is -1.46. The Morgan fingerprint density at radius 1 is 1.36 bits per heavy atom. The maximum atomic E-state index is 13.9. The van der Waals surface area contributed by atoms with Crippen LogP contribution in [0.2, 0.25) is 0 Å². The summed E-state index contributed by atoms with van der Waals surface area (Å²) in [6, 6.07) is 4.84. The predicted octanol–water partition coefficient (Wildman–Crippen LogP) is 5.29. The number of allylic oxidation sites excluding steroid dienone is 3. The van der Waals surface area contributed by atoms with Gasteiger partial charge in [0.1, 0.15) is 6.26 Å². The summed E-state index contributed by atoms with van der Waals surface area (Å²) in [6.07, 6.45) is 8.96. The van der Waals surface area contributed by atoms with Crippen molar-refractivity contribution in [2.75, 3.05) is 5.75 Å². The summed E-state index contributed by atoms with van der Waals surface area (Å²) in [4.78, 5) is 39.6. The van der Waals surface area contributed by atoms with E-state index in [1.54, 1.807) is 12.3 Å². The normalized spacial score (nSPS) is 37.2. The number of rotatable bonds is 5. The quantitative estimate of drug-likeness (QED) is 0.326. The third-order valence-electron chi connectivity index (χ3n) is 11.0. The van der Waals surface area contributed by atoms with Crippen LogP contribution in [0.3, 0.4) is 0 Å². The Hall–Kier alpha value is -3.82. The van der Waals surface area contributed by atoms with Crippen molar-refractivity contribution in [2.45, 2.75) is 64.6 Å². The molecule has 12 heteroatoms. The van der Waals surface area contributed by atoms with Crippen LogP contribution in [0, 0.1) is 51.8 Å². The zero-order valence-electron chi connectivity index (χ0n) is 25.4. The number of aliphatic hydroxyl groups is 1. The van der Waals surface area contributed by atoms with Crippen LogP contribution in [-0.4, -0.2) is 49.3 Å². The van der Waals surface area contributed by atoms with E-state index in [9.17, 15) is 24.3 Å². The maximum absolute atomic E-state index is 13.9. The van der Waals surface area contributed by atoms with Gasteiger partial charge in [0.15, 0.2) is 17.7 Å². The minimum Gasteiger partial charge on any atom is -0.451 e. The maximum Gasteiger partial charge on any atom is 0.361 e. The number of nitrogens with zero attached hydrogens (tertiary/aromatic N) is 4. The van der Waals surface area contributed by atoms with E-state index >= 15 is 0 Å². The molecule has 4 aliphatic rings. The van der Waals surface area contributed by atoms with E-state index in [-0.39, 0.29) is 53.1 Å². The van der Waals surface area contributed by atoms with Crippen LogP contribution in [0.25, 0.3) is 0 Å². The van der Waals surface area contributed by atoms with Gasteiger partial charge in [0, 0.05) is 5.41 Å². The third kappa shape index (κ3) is 4.91. The first kappa shape index (κ1) is 31.2. The number of thioether (sulfide) groups is 1. The molecule has 0 aromatic carbocycles. The lowest BCUT2D eigenvalue weighted by Crippen LogP contribution is -2.63. The summed E-state index contributed by atoms with van der Waals surface area (Å²) < 4.78 is 24.6. The fourth-order valence-corrected chi connectivity index (χ4v) is 10.0. The van der Waals surface area contributed by atoms with Gasteiger partial charge in [-0.15, -0.1) is 0 Å². The second-order valence-electron chi connectivity index (χ2n) is 13.2. The zero-order chi connectivity index (χ0) is 32.1. The number of fused-ring (bicyclic) bond motifs is 5. The number of aromatic nitrogens is 2. The lowest BCUT2D eigenvalue weighted by molar-refractivity contribution is -0.177. The van der Waals surface area contributed by atoms with Crippen molar-refractivity contribution in [3.8, 4) is 6.07 Å². The predicted molar refractivity (Wildman–Crippen MR) is 164 cm³/mol. The largest absolute Gasteiger partial charge is 0.451 e. The van der Waals surface area contributed by atoms with Crippen LogP contribution in [0.5, 0.6) is 0 Å². The Kier molecular flexibility index (Phi) is 7.98. The number of nitrogens with two attached hydrogens (primary N) is 1. The van der Waals surface area contributed by atoms with Crippen LogP contribution >= 0.6 is 11.8 Å². The molecule has 2 aromatic rings. The molecule has 0 saturated heterocycles. The molecule has 10 nitrogen and oxygen atoms in total. The number of aliphatic hydroxyl groups excluding tert-OH is 1. The van der Waals surface area contributed by atoms with E-state index in [2.05, 4.69) is 29.9 Å². The number of halogens is 1. The molecule has 3 N–H and O–H groups in total. The Bertz CT molecular complexity index is 1640. The van der Waals surface area contributed by atoms with Crippen LogP contribution in [0.4, 0.5) is 10.1 Å². The van der Waals surface area contributed by atoms with Crippen molar-refractivity contribution in [1.29, 1.82) is 5.26 Å². The summed E-state index contributed by atoms with van der Waals surface area (Å²) in [7, 11) is 0. The number of pyridine rings is 1. The minimum atomic E-state index is -1.54. The van der Waals surface area contributed by atoms with Crippen molar-refractivity contribution in [3.63, 3.8) is 0 Å². The Labute approximate surface area is 265 Å². The SMILES string of the molecule is C[C@H]1C[C@@H]2C([C@@H](O)C[C@@]3(C)C2CC[C@]3(OC(=O)c2cocn2)C(=O)SCC#N)[C@@]2(C)CC(=CN)C(=Nc3ccc(F)nc3)C=C12. The van der Waals surface area contributed by atoms with Crippen LogP contribution in [0.1, 0.15) is 63.4 Å². The van der Waals surface area contributed by atoms with E-state index in [1.807, 2.05) is 13.0 Å². The molecule has 2 unspecified atom stereocenters. The number of aliphatic imine (C=N–C) groups is 1. The van der Waals surface area contributed by atoms with Gasteiger partial charge in [-0.3, -0.25) is 4.79 Å². The van der Waals surface area contributed by atoms with Crippen LogP contribution in [-0.2, 0) is 9.53 Å². The van der Waals surface area contributed by atoms with Gasteiger partial charge < -0.3 is 20.0 Å². The van der Waals surface area contributed by atoms with Gasteiger partial charge >= 0.3 is 5.97 Å². The summed E-state index contributed by atoms with van der Waals surface area (Å²) in [5.41, 5.74) is 6.45. The smallest absolute Gasteiger partial charge is 0.361 e. The molecule has 0 amide bonds. The molecule has 3 fully saturated rings. The van der Waals surface area contributed by atoms with Gasteiger partial charge in [0.25, 0.3) is 0 Å². The highest BCUT2D eigenvalue weighted by atomic mass is 32.2. The Morgan fingerprint density at radius 3 is 2.82 bits per heavy atom. The van der Waals surface area contributed by atoms with E-state index in [0.717, 1.165) is 30.1 Å². The number of esters is 1. The second kappa shape index (κ2) is 11.5. The molecule has 0 bridgehead atoms. The van der Waals surface area contributed by atoms with Crippen molar-refractivity contribution in [1.82, 2.24) is 9.97 Å². The monoisotopic (exact) mass is 633 g/mol. The van der Waals surface area contributed by atoms with E-state index in [4.69, 9.17) is 19.9 Å². The third-order valence-corrected chi connectivity index (χ3v) is 11.8. The highest BCUT2D eigenvalue weighted by Gasteiger charge is 2.71. The molecule has 3 saturated carbocycles. The van der Waals surface area contributed by atoms with Crippen molar-refractivity contribution in [3.05, 3.63) is 66.1 Å². The molecule has 0 aliphatic heterocycles. The van der Waals surface area contributed by atoms with Gasteiger partial charge in [-0.1, -0.05) is 38.1 Å². The summed E-state index contributed by atoms with van der Waals surface area (Å²) in [6.45, 7) is 6.31. The molecule has 0 spiro atoms. The molecular weight excluding hydrogens is 597 g/mol. The topological polar surface area (TPSA) is 165 Å². The highest BCUT2D eigenvalue weighted by Crippen LogP contribution is 2.69. The average molecular weight is 634 g/mol. The van der Waals surface area contributed by atoms with Gasteiger partial charge in [0.05, 0.1) is 35.5 Å².